The van der Waals surface area contributed by atoms with E-state index in [1.807, 2.05) is 32.9 Å². The largest absolute Gasteiger partial charge is 0.396 e. The summed E-state index contributed by atoms with van der Waals surface area (Å²) in [5.41, 5.74) is 4.21. The molecule has 1 aromatic carbocycles. The quantitative estimate of drug-likeness (QED) is 0.783. The number of aryl methyl sites for hydroxylation is 3. The molecule has 0 amide bonds. The Morgan fingerprint density at radius 2 is 1.58 bits per heavy atom. The van der Waals surface area contributed by atoms with E-state index in [9.17, 15) is 8.42 Å². The van der Waals surface area contributed by atoms with Gasteiger partial charge in [0.2, 0.25) is 0 Å². The van der Waals surface area contributed by atoms with Crippen LogP contribution >= 0.6 is 0 Å². The first-order chi connectivity index (χ1) is 8.85. The summed E-state index contributed by atoms with van der Waals surface area (Å²) in [6, 6.07) is 4.06. The van der Waals surface area contributed by atoms with E-state index in [0.29, 0.717) is 12.8 Å². The molecule has 0 bridgehead atoms. The van der Waals surface area contributed by atoms with Gasteiger partial charge in [0.05, 0.1) is 11.5 Å². The normalized spacial score (nSPS) is 11.8. The fraction of sp³-hybridized carbons (Fsp3) is 0.600. The van der Waals surface area contributed by atoms with Crippen LogP contribution in [0.25, 0.3) is 0 Å². The zero-order valence-corrected chi connectivity index (χ0v) is 12.9. The number of unbranched alkanes of at least 4 members (excludes halogenated alkanes) is 2. The van der Waals surface area contributed by atoms with Crippen LogP contribution in [0.2, 0.25) is 0 Å². The van der Waals surface area contributed by atoms with Crippen molar-refractivity contribution >= 4 is 9.84 Å². The highest BCUT2D eigenvalue weighted by Gasteiger charge is 2.15. The van der Waals surface area contributed by atoms with Gasteiger partial charge in [0.15, 0.2) is 9.84 Å². The van der Waals surface area contributed by atoms with Crippen molar-refractivity contribution in [3.05, 3.63) is 34.4 Å². The molecule has 0 saturated carbocycles. The summed E-state index contributed by atoms with van der Waals surface area (Å²) in [6.45, 7) is 6.09. The average molecular weight is 284 g/mol. The van der Waals surface area contributed by atoms with E-state index in [4.69, 9.17) is 5.11 Å². The lowest BCUT2D eigenvalue weighted by Crippen LogP contribution is -2.11. The molecule has 0 aliphatic carbocycles. The number of hydrogen-bond donors (Lipinski definition) is 1. The van der Waals surface area contributed by atoms with Crippen molar-refractivity contribution in [2.45, 2.75) is 45.8 Å². The van der Waals surface area contributed by atoms with E-state index in [1.165, 1.54) is 5.56 Å². The average Bonchev–Trinajstić information content (AvgIpc) is 2.29. The van der Waals surface area contributed by atoms with Crippen molar-refractivity contribution in [3.8, 4) is 0 Å². The molecule has 4 heteroatoms. The SMILES string of the molecule is Cc1cc(C)c(CS(=O)(=O)CCCCCO)c(C)c1. The van der Waals surface area contributed by atoms with E-state index < -0.39 is 9.84 Å². The van der Waals surface area contributed by atoms with E-state index in [1.54, 1.807) is 0 Å². The van der Waals surface area contributed by atoms with Crippen molar-refractivity contribution < 1.29 is 13.5 Å². The molecule has 0 atom stereocenters. The minimum absolute atomic E-state index is 0.129. The topological polar surface area (TPSA) is 54.4 Å². The second kappa shape index (κ2) is 7.06. The summed E-state index contributed by atoms with van der Waals surface area (Å²) >= 11 is 0. The Labute approximate surface area is 116 Å². The molecule has 0 radical (unpaired) electrons. The van der Waals surface area contributed by atoms with Crippen LogP contribution in [0.5, 0.6) is 0 Å². The molecule has 0 saturated heterocycles. The predicted octanol–water partition coefficient (Wildman–Crippen LogP) is 2.69. The van der Waals surface area contributed by atoms with Gasteiger partial charge in [0.25, 0.3) is 0 Å². The molecule has 0 heterocycles. The highest BCUT2D eigenvalue weighted by atomic mass is 32.2. The number of rotatable bonds is 7. The third-order valence-corrected chi connectivity index (χ3v) is 4.96. The van der Waals surface area contributed by atoms with Crippen LogP contribution in [-0.2, 0) is 15.6 Å². The predicted molar refractivity (Wildman–Crippen MR) is 79.1 cm³/mol. The molecule has 1 rings (SSSR count). The Morgan fingerprint density at radius 3 is 2.11 bits per heavy atom. The van der Waals surface area contributed by atoms with Crippen LogP contribution < -0.4 is 0 Å². The molecular weight excluding hydrogens is 260 g/mol. The first-order valence-corrected chi connectivity index (χ1v) is 8.56. The molecule has 0 aliphatic rings. The highest BCUT2D eigenvalue weighted by molar-refractivity contribution is 7.90. The molecule has 1 aromatic rings. The molecule has 0 aromatic heterocycles. The third kappa shape index (κ3) is 5.33. The zero-order chi connectivity index (χ0) is 14.5. The first kappa shape index (κ1) is 16.2. The van der Waals surface area contributed by atoms with Crippen LogP contribution in [0.1, 0.15) is 41.5 Å². The smallest absolute Gasteiger partial charge is 0.154 e. The Kier molecular flexibility index (Phi) is 6.01. The molecule has 0 spiro atoms. The minimum atomic E-state index is -3.05. The van der Waals surface area contributed by atoms with Gasteiger partial charge >= 0.3 is 0 Å². The van der Waals surface area contributed by atoms with Gasteiger partial charge in [0.1, 0.15) is 0 Å². The molecule has 0 aliphatic heterocycles. The summed E-state index contributed by atoms with van der Waals surface area (Å²) in [6.07, 6.45) is 2.08. The minimum Gasteiger partial charge on any atom is -0.396 e. The van der Waals surface area contributed by atoms with E-state index in [2.05, 4.69) is 0 Å². The number of hydrogen-bond acceptors (Lipinski definition) is 3. The molecule has 0 fully saturated rings. The monoisotopic (exact) mass is 284 g/mol. The highest BCUT2D eigenvalue weighted by Crippen LogP contribution is 2.19. The number of aliphatic hydroxyl groups is 1. The maximum absolute atomic E-state index is 12.1. The zero-order valence-electron chi connectivity index (χ0n) is 12.1. The maximum atomic E-state index is 12.1. The maximum Gasteiger partial charge on any atom is 0.154 e. The van der Waals surface area contributed by atoms with Crippen molar-refractivity contribution in [2.24, 2.45) is 0 Å². The second-order valence-electron chi connectivity index (χ2n) is 5.25. The van der Waals surface area contributed by atoms with Crippen LogP contribution in [0.15, 0.2) is 12.1 Å². The fourth-order valence-electron chi connectivity index (χ4n) is 2.34. The van der Waals surface area contributed by atoms with Crippen LogP contribution in [-0.4, -0.2) is 25.9 Å². The van der Waals surface area contributed by atoms with Gasteiger partial charge in [-0.05, 0) is 50.3 Å². The molecular formula is C15H24O3S. The van der Waals surface area contributed by atoms with Gasteiger partial charge in [-0.3, -0.25) is 0 Å². The lowest BCUT2D eigenvalue weighted by molar-refractivity contribution is 0.284. The second-order valence-corrected chi connectivity index (χ2v) is 7.44. The summed E-state index contributed by atoms with van der Waals surface area (Å²) < 4.78 is 24.2. The third-order valence-electron chi connectivity index (χ3n) is 3.32. The number of aliphatic hydroxyl groups excluding tert-OH is 1. The van der Waals surface area contributed by atoms with Crippen molar-refractivity contribution in [2.75, 3.05) is 12.4 Å². The fourth-order valence-corrected chi connectivity index (χ4v) is 4.02. The van der Waals surface area contributed by atoms with Gasteiger partial charge in [0, 0.05) is 6.61 Å². The summed E-state index contributed by atoms with van der Waals surface area (Å²) in [5.74, 6) is 0.337. The Morgan fingerprint density at radius 1 is 1.00 bits per heavy atom. The summed E-state index contributed by atoms with van der Waals surface area (Å²) in [5, 5.41) is 8.68. The Hall–Kier alpha value is -0.870. The van der Waals surface area contributed by atoms with E-state index in [0.717, 1.165) is 23.1 Å². The van der Waals surface area contributed by atoms with Gasteiger partial charge in [-0.15, -0.1) is 0 Å². The summed E-state index contributed by atoms with van der Waals surface area (Å²) in [4.78, 5) is 0. The van der Waals surface area contributed by atoms with Crippen LogP contribution in [0.3, 0.4) is 0 Å². The number of sulfone groups is 1. The Balaban J connectivity index is 2.73. The summed E-state index contributed by atoms with van der Waals surface area (Å²) in [7, 11) is -3.05. The molecule has 3 nitrogen and oxygen atoms in total. The van der Waals surface area contributed by atoms with Gasteiger partial charge in [-0.2, -0.15) is 0 Å². The molecule has 0 unspecified atom stereocenters. The van der Waals surface area contributed by atoms with Crippen LogP contribution in [0.4, 0.5) is 0 Å². The standard InChI is InChI=1S/C15H24O3S/c1-12-9-13(2)15(14(3)10-12)11-19(17,18)8-6-4-5-7-16/h9-10,16H,4-8,11H2,1-3H3. The van der Waals surface area contributed by atoms with Crippen molar-refractivity contribution in [1.82, 2.24) is 0 Å². The molecule has 108 valence electrons. The number of benzene rings is 1. The van der Waals surface area contributed by atoms with E-state index >= 15 is 0 Å². The van der Waals surface area contributed by atoms with E-state index in [-0.39, 0.29) is 18.1 Å². The Bertz CT molecular complexity index is 495. The van der Waals surface area contributed by atoms with Crippen LogP contribution in [0, 0.1) is 20.8 Å². The lowest BCUT2D eigenvalue weighted by atomic mass is 10.0. The first-order valence-electron chi connectivity index (χ1n) is 6.74. The van der Waals surface area contributed by atoms with Gasteiger partial charge < -0.3 is 5.11 Å². The van der Waals surface area contributed by atoms with Gasteiger partial charge in [-0.1, -0.05) is 24.1 Å². The molecule has 1 N–H and O–H groups in total. The van der Waals surface area contributed by atoms with Crippen molar-refractivity contribution in [3.63, 3.8) is 0 Å². The van der Waals surface area contributed by atoms with Crippen molar-refractivity contribution in [1.29, 1.82) is 0 Å². The lowest BCUT2D eigenvalue weighted by Gasteiger charge is -2.12. The van der Waals surface area contributed by atoms with Gasteiger partial charge in [-0.25, -0.2) is 8.42 Å². The molecule has 19 heavy (non-hydrogen) atoms.